The highest BCUT2D eigenvalue weighted by atomic mass is 32.1. The zero-order valence-electron chi connectivity index (χ0n) is 12.1. The molecule has 1 aliphatic carbocycles. The number of aromatic nitrogens is 2. The molecule has 0 bridgehead atoms. The van der Waals surface area contributed by atoms with Crippen LogP contribution in [0.5, 0.6) is 0 Å². The number of hydrogen-bond donors (Lipinski definition) is 1. The van der Waals surface area contributed by atoms with Crippen molar-refractivity contribution in [1.82, 2.24) is 15.3 Å². The monoisotopic (exact) mass is 287 g/mol. The third kappa shape index (κ3) is 2.63. The van der Waals surface area contributed by atoms with Gasteiger partial charge in [-0.05, 0) is 44.4 Å². The van der Waals surface area contributed by atoms with Crippen LogP contribution >= 0.6 is 11.3 Å². The molecule has 1 unspecified atom stereocenters. The van der Waals surface area contributed by atoms with Crippen molar-refractivity contribution in [3.8, 4) is 10.6 Å². The molecule has 2 heterocycles. The van der Waals surface area contributed by atoms with Gasteiger partial charge >= 0.3 is 0 Å². The van der Waals surface area contributed by atoms with Crippen molar-refractivity contribution in [2.45, 2.75) is 39.0 Å². The molecule has 0 saturated carbocycles. The Morgan fingerprint density at radius 3 is 3.15 bits per heavy atom. The Kier molecular flexibility index (Phi) is 4.13. The Hall–Kier alpha value is -1.26. The van der Waals surface area contributed by atoms with Crippen LogP contribution in [-0.2, 0) is 6.42 Å². The second-order valence-electron chi connectivity index (χ2n) is 5.41. The summed E-state index contributed by atoms with van der Waals surface area (Å²) in [6.45, 7) is 6.36. The van der Waals surface area contributed by atoms with E-state index in [1.807, 2.05) is 23.7 Å². The average Bonchev–Trinajstić information content (AvgIpc) is 2.89. The van der Waals surface area contributed by atoms with Gasteiger partial charge in [-0.2, -0.15) is 0 Å². The van der Waals surface area contributed by atoms with E-state index in [1.54, 1.807) is 0 Å². The van der Waals surface area contributed by atoms with E-state index in [0.717, 1.165) is 13.1 Å². The van der Waals surface area contributed by atoms with Gasteiger partial charge < -0.3 is 5.32 Å². The van der Waals surface area contributed by atoms with Gasteiger partial charge in [0, 0.05) is 35.3 Å². The zero-order valence-corrected chi connectivity index (χ0v) is 13.0. The van der Waals surface area contributed by atoms with Crippen molar-refractivity contribution in [3.05, 3.63) is 34.6 Å². The fourth-order valence-electron chi connectivity index (χ4n) is 2.85. The Balaban J connectivity index is 1.93. The van der Waals surface area contributed by atoms with Crippen LogP contribution in [0.3, 0.4) is 0 Å². The molecule has 0 amide bonds. The molecular formula is C16H21N3S. The summed E-state index contributed by atoms with van der Waals surface area (Å²) in [4.78, 5) is 10.6. The topological polar surface area (TPSA) is 37.8 Å². The predicted octanol–water partition coefficient (Wildman–Crippen LogP) is 3.54. The maximum atomic E-state index is 4.97. The van der Waals surface area contributed by atoms with Gasteiger partial charge in [-0.3, -0.25) is 4.98 Å². The number of likely N-dealkylation sites (N-methyl/N-ethyl adjacent to an activating group) is 1. The summed E-state index contributed by atoms with van der Waals surface area (Å²) in [5, 5.41) is 4.64. The smallest absolute Gasteiger partial charge is 0.124 e. The maximum absolute atomic E-state index is 4.97. The van der Waals surface area contributed by atoms with Crippen molar-refractivity contribution in [1.29, 1.82) is 0 Å². The molecule has 3 rings (SSSR count). The minimum Gasteiger partial charge on any atom is -0.316 e. The van der Waals surface area contributed by atoms with Gasteiger partial charge in [-0.1, -0.05) is 6.92 Å². The number of hydrogen-bond acceptors (Lipinski definition) is 4. The van der Waals surface area contributed by atoms with Gasteiger partial charge in [0.1, 0.15) is 5.01 Å². The largest absolute Gasteiger partial charge is 0.316 e. The van der Waals surface area contributed by atoms with E-state index >= 15 is 0 Å². The maximum Gasteiger partial charge on any atom is 0.124 e. The number of rotatable bonds is 4. The lowest BCUT2D eigenvalue weighted by atomic mass is 9.91. The summed E-state index contributed by atoms with van der Waals surface area (Å²) < 4.78 is 0. The molecule has 106 valence electrons. The molecule has 3 nitrogen and oxygen atoms in total. The molecule has 0 aliphatic heterocycles. The first-order valence-corrected chi connectivity index (χ1v) is 8.22. The number of fused-ring (bicyclic) bond motifs is 1. The molecule has 0 spiro atoms. The molecule has 20 heavy (non-hydrogen) atoms. The van der Waals surface area contributed by atoms with E-state index in [2.05, 4.69) is 30.2 Å². The Labute approximate surface area is 124 Å². The molecule has 2 aromatic rings. The van der Waals surface area contributed by atoms with Gasteiger partial charge in [0.25, 0.3) is 0 Å². The average molecular weight is 287 g/mol. The van der Waals surface area contributed by atoms with Crippen LogP contribution in [0.25, 0.3) is 10.6 Å². The summed E-state index contributed by atoms with van der Waals surface area (Å²) in [6, 6.07) is 2.08. The minimum atomic E-state index is 0.589. The van der Waals surface area contributed by atoms with E-state index in [1.165, 1.54) is 46.0 Å². The highest BCUT2D eigenvalue weighted by Crippen LogP contribution is 2.38. The molecule has 0 aromatic carbocycles. The molecule has 0 saturated heterocycles. The van der Waals surface area contributed by atoms with Crippen LogP contribution in [0.1, 0.15) is 41.8 Å². The standard InChI is InChI=1S/C16H21N3S/c1-3-17-10-12-5-4-6-14-15(12)19-16(20-14)13-7-8-18-9-11(13)2/h7-9,12,17H,3-6,10H2,1-2H3. The number of nitrogens with one attached hydrogen (secondary N) is 1. The van der Waals surface area contributed by atoms with Gasteiger partial charge in [-0.15, -0.1) is 11.3 Å². The first-order valence-electron chi connectivity index (χ1n) is 7.41. The van der Waals surface area contributed by atoms with Gasteiger partial charge in [0.2, 0.25) is 0 Å². The Morgan fingerprint density at radius 1 is 1.45 bits per heavy atom. The third-order valence-corrected chi connectivity index (χ3v) is 5.13. The molecule has 1 N–H and O–H groups in total. The molecule has 0 radical (unpaired) electrons. The predicted molar refractivity (Wildman–Crippen MR) is 84.3 cm³/mol. The molecule has 2 aromatic heterocycles. The van der Waals surface area contributed by atoms with E-state index < -0.39 is 0 Å². The lowest BCUT2D eigenvalue weighted by molar-refractivity contribution is 0.509. The number of aryl methyl sites for hydroxylation is 2. The molecule has 1 aliphatic rings. The summed E-state index contributed by atoms with van der Waals surface area (Å²) in [5.74, 6) is 0.589. The minimum absolute atomic E-state index is 0.589. The fraction of sp³-hybridized carbons (Fsp3) is 0.500. The van der Waals surface area contributed by atoms with Crippen LogP contribution in [0.15, 0.2) is 18.5 Å². The van der Waals surface area contributed by atoms with Crippen LogP contribution in [-0.4, -0.2) is 23.1 Å². The summed E-state index contributed by atoms with van der Waals surface area (Å²) in [7, 11) is 0. The van der Waals surface area contributed by atoms with E-state index in [4.69, 9.17) is 4.98 Å². The van der Waals surface area contributed by atoms with E-state index in [-0.39, 0.29) is 0 Å². The lowest BCUT2D eigenvalue weighted by Crippen LogP contribution is -2.23. The summed E-state index contributed by atoms with van der Waals surface area (Å²) in [6.07, 6.45) is 7.53. The quantitative estimate of drug-likeness (QED) is 0.934. The highest BCUT2D eigenvalue weighted by molar-refractivity contribution is 7.15. The SMILES string of the molecule is CCNCC1CCCc2sc(-c3ccncc3C)nc21. The molecular weight excluding hydrogens is 266 g/mol. The molecule has 4 heteroatoms. The number of nitrogens with zero attached hydrogens (tertiary/aromatic N) is 2. The van der Waals surface area contributed by atoms with E-state index in [0.29, 0.717) is 5.92 Å². The summed E-state index contributed by atoms with van der Waals surface area (Å²) in [5.41, 5.74) is 3.79. The highest BCUT2D eigenvalue weighted by Gasteiger charge is 2.25. The normalized spacial score (nSPS) is 18.0. The van der Waals surface area contributed by atoms with Gasteiger partial charge in [0.05, 0.1) is 5.69 Å². The first kappa shape index (κ1) is 13.7. The van der Waals surface area contributed by atoms with Crippen molar-refractivity contribution >= 4 is 11.3 Å². The number of pyridine rings is 1. The second kappa shape index (κ2) is 6.02. The third-order valence-electron chi connectivity index (χ3n) is 3.96. The fourth-order valence-corrected chi connectivity index (χ4v) is 4.13. The first-order chi connectivity index (χ1) is 9.79. The van der Waals surface area contributed by atoms with Crippen LogP contribution in [0.2, 0.25) is 0 Å². The van der Waals surface area contributed by atoms with Gasteiger partial charge in [0.15, 0.2) is 0 Å². The van der Waals surface area contributed by atoms with Crippen LogP contribution in [0, 0.1) is 6.92 Å². The number of thiazole rings is 1. The van der Waals surface area contributed by atoms with Crippen molar-refractivity contribution in [2.24, 2.45) is 0 Å². The van der Waals surface area contributed by atoms with Crippen molar-refractivity contribution in [2.75, 3.05) is 13.1 Å². The molecule has 0 fully saturated rings. The van der Waals surface area contributed by atoms with Crippen molar-refractivity contribution in [3.63, 3.8) is 0 Å². The summed E-state index contributed by atoms with van der Waals surface area (Å²) >= 11 is 1.87. The van der Waals surface area contributed by atoms with Crippen LogP contribution in [0.4, 0.5) is 0 Å². The van der Waals surface area contributed by atoms with Gasteiger partial charge in [-0.25, -0.2) is 4.98 Å². The second-order valence-corrected chi connectivity index (χ2v) is 6.50. The van der Waals surface area contributed by atoms with E-state index in [9.17, 15) is 0 Å². The Morgan fingerprint density at radius 2 is 2.35 bits per heavy atom. The zero-order chi connectivity index (χ0) is 13.9. The Bertz CT molecular complexity index is 591. The van der Waals surface area contributed by atoms with Crippen LogP contribution < -0.4 is 5.32 Å². The van der Waals surface area contributed by atoms with Crippen molar-refractivity contribution < 1.29 is 0 Å². The lowest BCUT2D eigenvalue weighted by Gasteiger charge is -2.21. The molecule has 1 atom stereocenters.